The van der Waals surface area contributed by atoms with Crippen molar-refractivity contribution in [3.05, 3.63) is 17.5 Å². The van der Waals surface area contributed by atoms with E-state index >= 15 is 0 Å². The number of nitrogens with zero attached hydrogens (tertiary/aromatic N) is 3. The van der Waals surface area contributed by atoms with Crippen molar-refractivity contribution in [2.75, 3.05) is 26.2 Å². The molecule has 0 unspecified atom stereocenters. The monoisotopic (exact) mass is 250 g/mol. The van der Waals surface area contributed by atoms with Gasteiger partial charge < -0.3 is 10.2 Å². The Labute approximate surface area is 108 Å². The van der Waals surface area contributed by atoms with Crippen LogP contribution in [0.5, 0.6) is 0 Å². The van der Waals surface area contributed by atoms with E-state index in [9.17, 15) is 4.79 Å². The third-order valence-electron chi connectivity index (χ3n) is 3.17. The first-order valence-corrected chi connectivity index (χ1v) is 6.61. The van der Waals surface area contributed by atoms with E-state index in [1.165, 1.54) is 0 Å². The SMILES string of the molecule is CC(C)Cc1cc(C(=O)N2CCNCC2)n(C)n1. The lowest BCUT2D eigenvalue weighted by Crippen LogP contribution is -2.46. The molecule has 2 heterocycles. The summed E-state index contributed by atoms with van der Waals surface area (Å²) in [6.07, 6.45) is 0.919. The summed E-state index contributed by atoms with van der Waals surface area (Å²) in [6.45, 7) is 7.64. The van der Waals surface area contributed by atoms with Gasteiger partial charge in [-0.3, -0.25) is 9.48 Å². The highest BCUT2D eigenvalue weighted by molar-refractivity contribution is 5.92. The smallest absolute Gasteiger partial charge is 0.272 e. The van der Waals surface area contributed by atoms with Crippen LogP contribution in [0.2, 0.25) is 0 Å². The molecular weight excluding hydrogens is 228 g/mol. The van der Waals surface area contributed by atoms with Gasteiger partial charge in [-0.05, 0) is 18.4 Å². The van der Waals surface area contributed by atoms with Gasteiger partial charge in [0, 0.05) is 33.2 Å². The average Bonchev–Trinajstić information content (AvgIpc) is 2.69. The van der Waals surface area contributed by atoms with E-state index in [2.05, 4.69) is 24.3 Å². The van der Waals surface area contributed by atoms with Crippen molar-refractivity contribution in [3.63, 3.8) is 0 Å². The zero-order valence-corrected chi connectivity index (χ0v) is 11.4. The van der Waals surface area contributed by atoms with Crippen LogP contribution in [-0.4, -0.2) is 46.8 Å². The average molecular weight is 250 g/mol. The zero-order chi connectivity index (χ0) is 13.1. The molecule has 1 aromatic heterocycles. The summed E-state index contributed by atoms with van der Waals surface area (Å²) in [7, 11) is 1.85. The summed E-state index contributed by atoms with van der Waals surface area (Å²) in [5.74, 6) is 0.656. The molecule has 0 saturated carbocycles. The van der Waals surface area contributed by atoms with Crippen molar-refractivity contribution >= 4 is 5.91 Å². The molecule has 1 aliphatic rings. The number of aromatic nitrogens is 2. The van der Waals surface area contributed by atoms with Crippen molar-refractivity contribution in [2.24, 2.45) is 13.0 Å². The molecule has 0 radical (unpaired) electrons. The van der Waals surface area contributed by atoms with Crippen LogP contribution in [0.4, 0.5) is 0 Å². The summed E-state index contributed by atoms with van der Waals surface area (Å²) in [5, 5.41) is 7.67. The predicted molar refractivity (Wildman–Crippen MR) is 70.5 cm³/mol. The maximum absolute atomic E-state index is 12.4. The largest absolute Gasteiger partial charge is 0.335 e. The second-order valence-corrected chi connectivity index (χ2v) is 5.28. The molecule has 0 spiro atoms. The lowest BCUT2D eigenvalue weighted by Gasteiger charge is -2.27. The van der Waals surface area contributed by atoms with Crippen LogP contribution < -0.4 is 5.32 Å². The number of piperazine rings is 1. The number of carbonyl (C=O) groups is 1. The Kier molecular flexibility index (Phi) is 4.01. The van der Waals surface area contributed by atoms with Gasteiger partial charge in [0.25, 0.3) is 5.91 Å². The van der Waals surface area contributed by atoms with Crippen LogP contribution in [-0.2, 0) is 13.5 Å². The van der Waals surface area contributed by atoms with Crippen LogP contribution in [0.25, 0.3) is 0 Å². The molecule has 100 valence electrons. The first-order valence-electron chi connectivity index (χ1n) is 6.61. The quantitative estimate of drug-likeness (QED) is 0.857. The summed E-state index contributed by atoms with van der Waals surface area (Å²) < 4.78 is 1.71. The predicted octanol–water partition coefficient (Wildman–Crippen LogP) is 0.664. The highest BCUT2D eigenvalue weighted by Crippen LogP contribution is 2.11. The summed E-state index contributed by atoms with van der Waals surface area (Å²) >= 11 is 0. The van der Waals surface area contributed by atoms with Crippen molar-refractivity contribution in [1.82, 2.24) is 20.0 Å². The van der Waals surface area contributed by atoms with Crippen LogP contribution in [0.1, 0.15) is 30.0 Å². The van der Waals surface area contributed by atoms with Crippen molar-refractivity contribution in [1.29, 1.82) is 0 Å². The molecule has 1 aliphatic heterocycles. The molecule has 1 fully saturated rings. The molecule has 5 nitrogen and oxygen atoms in total. The molecule has 0 aliphatic carbocycles. The minimum absolute atomic E-state index is 0.0986. The van der Waals surface area contributed by atoms with E-state index in [0.717, 1.165) is 38.3 Å². The van der Waals surface area contributed by atoms with E-state index < -0.39 is 0 Å². The Morgan fingerprint density at radius 1 is 1.44 bits per heavy atom. The minimum atomic E-state index is 0.0986. The molecule has 0 atom stereocenters. The fourth-order valence-electron chi connectivity index (χ4n) is 2.27. The maximum Gasteiger partial charge on any atom is 0.272 e. The lowest BCUT2D eigenvalue weighted by molar-refractivity contribution is 0.0724. The molecule has 5 heteroatoms. The number of carbonyl (C=O) groups excluding carboxylic acids is 1. The lowest BCUT2D eigenvalue weighted by atomic mass is 10.1. The van der Waals surface area contributed by atoms with Gasteiger partial charge in [0.1, 0.15) is 5.69 Å². The van der Waals surface area contributed by atoms with Crippen molar-refractivity contribution in [2.45, 2.75) is 20.3 Å². The second kappa shape index (κ2) is 5.52. The Balaban J connectivity index is 2.11. The van der Waals surface area contributed by atoms with Crippen LogP contribution in [0, 0.1) is 5.92 Å². The molecule has 18 heavy (non-hydrogen) atoms. The standard InChI is InChI=1S/C13H22N4O/c1-10(2)8-11-9-12(16(3)15-11)13(18)17-6-4-14-5-7-17/h9-10,14H,4-8H2,1-3H3. The van der Waals surface area contributed by atoms with Crippen molar-refractivity contribution < 1.29 is 4.79 Å². The number of rotatable bonds is 3. The molecule has 0 bridgehead atoms. The molecular formula is C13H22N4O. The van der Waals surface area contributed by atoms with Gasteiger partial charge in [-0.15, -0.1) is 0 Å². The Bertz CT molecular complexity index is 419. The fourth-order valence-corrected chi connectivity index (χ4v) is 2.27. The van der Waals surface area contributed by atoms with Crippen molar-refractivity contribution in [3.8, 4) is 0 Å². The van der Waals surface area contributed by atoms with Crippen LogP contribution in [0.3, 0.4) is 0 Å². The molecule has 1 amide bonds. The van der Waals surface area contributed by atoms with E-state index in [0.29, 0.717) is 11.6 Å². The molecule has 1 aromatic rings. The third-order valence-corrected chi connectivity index (χ3v) is 3.17. The van der Waals surface area contributed by atoms with Gasteiger partial charge >= 0.3 is 0 Å². The van der Waals surface area contributed by atoms with E-state index in [4.69, 9.17) is 0 Å². The Morgan fingerprint density at radius 3 is 2.72 bits per heavy atom. The fraction of sp³-hybridized carbons (Fsp3) is 0.692. The topological polar surface area (TPSA) is 50.2 Å². The first-order chi connectivity index (χ1) is 8.58. The minimum Gasteiger partial charge on any atom is -0.335 e. The van der Waals surface area contributed by atoms with Crippen LogP contribution in [0.15, 0.2) is 6.07 Å². The van der Waals surface area contributed by atoms with E-state index in [1.54, 1.807) is 4.68 Å². The first kappa shape index (κ1) is 13.1. The van der Waals surface area contributed by atoms with Gasteiger partial charge in [0.2, 0.25) is 0 Å². The number of amides is 1. The zero-order valence-electron chi connectivity index (χ0n) is 11.4. The molecule has 0 aromatic carbocycles. The number of nitrogens with one attached hydrogen (secondary N) is 1. The van der Waals surface area contributed by atoms with Gasteiger partial charge in [-0.25, -0.2) is 0 Å². The van der Waals surface area contributed by atoms with E-state index in [-0.39, 0.29) is 5.91 Å². The highest BCUT2D eigenvalue weighted by Gasteiger charge is 2.21. The number of hydrogen-bond acceptors (Lipinski definition) is 3. The molecule has 1 N–H and O–H groups in total. The summed E-state index contributed by atoms with van der Waals surface area (Å²) in [6, 6.07) is 1.93. The maximum atomic E-state index is 12.4. The summed E-state index contributed by atoms with van der Waals surface area (Å²) in [5.41, 5.74) is 1.71. The van der Waals surface area contributed by atoms with Gasteiger partial charge in [0.05, 0.1) is 5.69 Å². The summed E-state index contributed by atoms with van der Waals surface area (Å²) in [4.78, 5) is 14.3. The van der Waals surface area contributed by atoms with Crippen LogP contribution >= 0.6 is 0 Å². The van der Waals surface area contributed by atoms with Gasteiger partial charge in [-0.2, -0.15) is 5.10 Å². The van der Waals surface area contributed by atoms with Gasteiger partial charge in [0.15, 0.2) is 0 Å². The Morgan fingerprint density at radius 2 is 2.11 bits per heavy atom. The van der Waals surface area contributed by atoms with E-state index in [1.807, 2.05) is 18.0 Å². The van der Waals surface area contributed by atoms with Gasteiger partial charge in [-0.1, -0.05) is 13.8 Å². The Hall–Kier alpha value is -1.36. The molecule has 1 saturated heterocycles. The second-order valence-electron chi connectivity index (χ2n) is 5.28. The highest BCUT2D eigenvalue weighted by atomic mass is 16.2. The number of hydrogen-bond donors (Lipinski definition) is 1. The number of aryl methyl sites for hydroxylation is 1. The normalized spacial score (nSPS) is 16.3. The third kappa shape index (κ3) is 2.90. The molecule has 2 rings (SSSR count).